The van der Waals surface area contributed by atoms with E-state index >= 15 is 0 Å². The third-order valence-electron chi connectivity index (χ3n) is 1.94. The predicted molar refractivity (Wildman–Crippen MR) is 67.3 cm³/mol. The third-order valence-corrected chi connectivity index (χ3v) is 1.94. The summed E-state index contributed by atoms with van der Waals surface area (Å²) in [6.07, 6.45) is -0.479. The molecule has 0 fully saturated rings. The smallest absolute Gasteiger partial charge is 0.0897 e. The predicted octanol–water partition coefficient (Wildman–Crippen LogP) is 0.415. The molecule has 5 nitrogen and oxygen atoms in total. The summed E-state index contributed by atoms with van der Waals surface area (Å²) in [5.74, 6) is 0. The number of rotatable bonds is 10. The summed E-state index contributed by atoms with van der Waals surface area (Å²) in [5.41, 5.74) is -0.204. The minimum Gasteiger partial charge on any atom is -0.389 e. The number of aliphatic hydroxyl groups is 1. The standard InChI is InChI=1S/C12H27NO4/c1-12(2,3)17-10-11(14)9-13-5-6-16-8-7-15-4/h11,13-14H,5-10H2,1-4H3. The van der Waals surface area contributed by atoms with Crippen LogP contribution in [0.25, 0.3) is 0 Å². The SMILES string of the molecule is COCCOCCNCC(O)COC(C)(C)C. The van der Waals surface area contributed by atoms with Crippen molar-refractivity contribution < 1.29 is 19.3 Å². The molecule has 0 aromatic heterocycles. The Kier molecular flexibility index (Phi) is 9.68. The van der Waals surface area contributed by atoms with Gasteiger partial charge in [-0.25, -0.2) is 0 Å². The second kappa shape index (κ2) is 9.79. The molecule has 0 saturated heterocycles. The van der Waals surface area contributed by atoms with Gasteiger partial charge in [0, 0.05) is 20.2 Å². The van der Waals surface area contributed by atoms with Crippen molar-refractivity contribution in [3.63, 3.8) is 0 Å². The average Bonchev–Trinajstić information content (AvgIpc) is 2.24. The highest BCUT2D eigenvalue weighted by atomic mass is 16.5. The van der Waals surface area contributed by atoms with Crippen LogP contribution in [0.4, 0.5) is 0 Å². The van der Waals surface area contributed by atoms with Gasteiger partial charge < -0.3 is 24.6 Å². The van der Waals surface area contributed by atoms with E-state index in [0.717, 1.165) is 6.54 Å². The van der Waals surface area contributed by atoms with E-state index in [1.165, 1.54) is 0 Å². The summed E-state index contributed by atoms with van der Waals surface area (Å²) in [6, 6.07) is 0. The molecule has 0 bridgehead atoms. The first kappa shape index (κ1) is 16.8. The summed E-state index contributed by atoms with van der Waals surface area (Å²) in [6.45, 7) is 9.33. The molecule has 0 aromatic carbocycles. The fourth-order valence-electron chi connectivity index (χ4n) is 1.06. The zero-order valence-electron chi connectivity index (χ0n) is 11.5. The minimum absolute atomic E-state index is 0.204. The van der Waals surface area contributed by atoms with Crippen molar-refractivity contribution in [2.75, 3.05) is 46.6 Å². The number of nitrogens with one attached hydrogen (secondary N) is 1. The molecular formula is C12H27NO4. The van der Waals surface area contributed by atoms with E-state index in [-0.39, 0.29) is 5.60 Å². The highest BCUT2D eigenvalue weighted by molar-refractivity contribution is 4.63. The molecule has 0 saturated carbocycles. The van der Waals surface area contributed by atoms with Crippen molar-refractivity contribution in [2.45, 2.75) is 32.5 Å². The van der Waals surface area contributed by atoms with Crippen molar-refractivity contribution in [3.05, 3.63) is 0 Å². The van der Waals surface area contributed by atoms with Gasteiger partial charge in [-0.15, -0.1) is 0 Å². The minimum atomic E-state index is -0.479. The molecule has 0 radical (unpaired) electrons. The van der Waals surface area contributed by atoms with Crippen LogP contribution in [-0.4, -0.2) is 63.4 Å². The Bertz CT molecular complexity index is 170. The van der Waals surface area contributed by atoms with Crippen molar-refractivity contribution in [3.8, 4) is 0 Å². The molecule has 104 valence electrons. The Balaban J connectivity index is 3.25. The van der Waals surface area contributed by atoms with Gasteiger partial charge in [0.2, 0.25) is 0 Å². The van der Waals surface area contributed by atoms with Crippen LogP contribution >= 0.6 is 0 Å². The van der Waals surface area contributed by atoms with Crippen LogP contribution in [0.3, 0.4) is 0 Å². The summed E-state index contributed by atoms with van der Waals surface area (Å²) >= 11 is 0. The van der Waals surface area contributed by atoms with Crippen LogP contribution in [-0.2, 0) is 14.2 Å². The second-order valence-corrected chi connectivity index (χ2v) is 4.89. The highest BCUT2D eigenvalue weighted by Gasteiger charge is 2.13. The van der Waals surface area contributed by atoms with Crippen LogP contribution in [0.5, 0.6) is 0 Å². The Hall–Kier alpha value is -0.200. The van der Waals surface area contributed by atoms with Gasteiger partial charge in [-0.3, -0.25) is 0 Å². The van der Waals surface area contributed by atoms with Crippen molar-refractivity contribution in [2.24, 2.45) is 0 Å². The van der Waals surface area contributed by atoms with Crippen molar-refractivity contribution in [1.82, 2.24) is 5.32 Å². The number of hydrogen-bond acceptors (Lipinski definition) is 5. The maximum Gasteiger partial charge on any atom is 0.0897 e. The van der Waals surface area contributed by atoms with Gasteiger partial charge in [0.15, 0.2) is 0 Å². The maximum atomic E-state index is 9.60. The van der Waals surface area contributed by atoms with Crippen LogP contribution in [0.15, 0.2) is 0 Å². The van der Waals surface area contributed by atoms with Crippen molar-refractivity contribution in [1.29, 1.82) is 0 Å². The lowest BCUT2D eigenvalue weighted by Crippen LogP contribution is -2.35. The van der Waals surface area contributed by atoms with Gasteiger partial charge in [0.25, 0.3) is 0 Å². The first-order valence-corrected chi connectivity index (χ1v) is 6.05. The molecule has 0 aliphatic carbocycles. The summed E-state index contributed by atoms with van der Waals surface area (Å²) in [4.78, 5) is 0. The zero-order valence-corrected chi connectivity index (χ0v) is 11.5. The molecule has 0 amide bonds. The fourth-order valence-corrected chi connectivity index (χ4v) is 1.06. The van der Waals surface area contributed by atoms with Crippen molar-refractivity contribution >= 4 is 0 Å². The van der Waals surface area contributed by atoms with E-state index < -0.39 is 6.10 Å². The van der Waals surface area contributed by atoms with E-state index in [0.29, 0.717) is 33.0 Å². The van der Waals surface area contributed by atoms with Crippen LogP contribution in [0, 0.1) is 0 Å². The Morgan fingerprint density at radius 3 is 2.47 bits per heavy atom. The van der Waals surface area contributed by atoms with Crippen LogP contribution in [0.2, 0.25) is 0 Å². The lowest BCUT2D eigenvalue weighted by atomic mass is 10.2. The number of aliphatic hydroxyl groups excluding tert-OH is 1. The summed E-state index contributed by atoms with van der Waals surface area (Å²) in [5, 5.41) is 12.7. The number of methoxy groups -OCH3 is 1. The van der Waals surface area contributed by atoms with E-state index in [1.54, 1.807) is 7.11 Å². The highest BCUT2D eigenvalue weighted by Crippen LogP contribution is 2.06. The Morgan fingerprint density at radius 1 is 1.18 bits per heavy atom. The molecule has 0 heterocycles. The first-order valence-electron chi connectivity index (χ1n) is 6.05. The molecule has 0 spiro atoms. The summed E-state index contributed by atoms with van der Waals surface area (Å²) in [7, 11) is 1.65. The Morgan fingerprint density at radius 2 is 1.88 bits per heavy atom. The van der Waals surface area contributed by atoms with Gasteiger partial charge in [-0.05, 0) is 20.8 Å². The lowest BCUT2D eigenvalue weighted by molar-refractivity contribution is -0.0481. The van der Waals surface area contributed by atoms with Gasteiger partial charge in [-0.1, -0.05) is 0 Å². The fraction of sp³-hybridized carbons (Fsp3) is 1.00. The maximum absolute atomic E-state index is 9.60. The van der Waals surface area contributed by atoms with E-state index in [1.807, 2.05) is 20.8 Å². The van der Waals surface area contributed by atoms with Gasteiger partial charge in [-0.2, -0.15) is 0 Å². The molecule has 0 aliphatic rings. The molecule has 0 rings (SSSR count). The quantitative estimate of drug-likeness (QED) is 0.549. The number of hydrogen-bond donors (Lipinski definition) is 2. The van der Waals surface area contributed by atoms with Crippen LogP contribution < -0.4 is 5.32 Å². The largest absolute Gasteiger partial charge is 0.389 e. The monoisotopic (exact) mass is 249 g/mol. The second-order valence-electron chi connectivity index (χ2n) is 4.89. The van der Waals surface area contributed by atoms with Gasteiger partial charge in [0.1, 0.15) is 0 Å². The lowest BCUT2D eigenvalue weighted by Gasteiger charge is -2.22. The molecule has 0 aliphatic heterocycles. The third kappa shape index (κ3) is 13.7. The molecule has 2 N–H and O–H groups in total. The Labute approximate surface area is 104 Å². The molecule has 1 unspecified atom stereocenters. The first-order chi connectivity index (χ1) is 7.95. The van der Waals surface area contributed by atoms with E-state index in [2.05, 4.69) is 5.32 Å². The van der Waals surface area contributed by atoms with E-state index in [4.69, 9.17) is 14.2 Å². The van der Waals surface area contributed by atoms with Gasteiger partial charge >= 0.3 is 0 Å². The van der Waals surface area contributed by atoms with E-state index in [9.17, 15) is 5.11 Å². The molecular weight excluding hydrogens is 222 g/mol. The molecule has 5 heteroatoms. The molecule has 17 heavy (non-hydrogen) atoms. The van der Waals surface area contributed by atoms with Crippen LogP contribution in [0.1, 0.15) is 20.8 Å². The molecule has 1 atom stereocenters. The topological polar surface area (TPSA) is 60.0 Å². The zero-order chi connectivity index (χ0) is 13.1. The van der Waals surface area contributed by atoms with Gasteiger partial charge in [0.05, 0.1) is 38.1 Å². The molecule has 0 aromatic rings. The summed E-state index contributed by atoms with van der Waals surface area (Å²) < 4.78 is 15.6. The number of ether oxygens (including phenoxy) is 3. The normalized spacial score (nSPS) is 13.9. The average molecular weight is 249 g/mol.